The molecule has 3 aromatic rings. The molecule has 1 atom stereocenters. The first-order valence-electron chi connectivity index (χ1n) is 10.6. The van der Waals surface area contributed by atoms with Gasteiger partial charge in [-0.3, -0.25) is 9.59 Å². The highest BCUT2D eigenvalue weighted by molar-refractivity contribution is 9.10. The van der Waals surface area contributed by atoms with Gasteiger partial charge in [-0.2, -0.15) is 4.31 Å². The van der Waals surface area contributed by atoms with Crippen LogP contribution in [0.25, 0.3) is 0 Å². The van der Waals surface area contributed by atoms with Gasteiger partial charge in [0.15, 0.2) is 5.78 Å². The van der Waals surface area contributed by atoms with Gasteiger partial charge in [0, 0.05) is 22.1 Å². The van der Waals surface area contributed by atoms with Crippen molar-refractivity contribution in [2.45, 2.75) is 30.7 Å². The average Bonchev–Trinajstić information content (AvgIpc) is 3.32. The van der Waals surface area contributed by atoms with Crippen LogP contribution in [0.4, 0.5) is 5.69 Å². The van der Waals surface area contributed by atoms with Crippen molar-refractivity contribution < 1.29 is 18.0 Å². The van der Waals surface area contributed by atoms with Crippen LogP contribution >= 0.6 is 15.9 Å². The van der Waals surface area contributed by atoms with Crippen LogP contribution in [0.3, 0.4) is 0 Å². The second kappa shape index (κ2) is 9.59. The molecule has 0 aliphatic carbocycles. The van der Waals surface area contributed by atoms with Gasteiger partial charge in [-0.25, -0.2) is 8.42 Å². The number of anilines is 1. The Morgan fingerprint density at radius 3 is 2.39 bits per heavy atom. The minimum atomic E-state index is -3.82. The van der Waals surface area contributed by atoms with Gasteiger partial charge in [0.25, 0.3) is 0 Å². The summed E-state index contributed by atoms with van der Waals surface area (Å²) in [6.45, 7) is 2.15. The van der Waals surface area contributed by atoms with E-state index in [9.17, 15) is 18.0 Å². The first-order chi connectivity index (χ1) is 15.8. The van der Waals surface area contributed by atoms with Crippen molar-refractivity contribution >= 4 is 43.3 Å². The van der Waals surface area contributed by atoms with Crippen molar-refractivity contribution in [1.82, 2.24) is 4.31 Å². The molecule has 6 nitrogen and oxygen atoms in total. The molecule has 0 bridgehead atoms. The Morgan fingerprint density at radius 2 is 1.70 bits per heavy atom. The van der Waals surface area contributed by atoms with E-state index in [-0.39, 0.29) is 17.2 Å². The number of carbonyl (C=O) groups is 2. The Kier molecular flexibility index (Phi) is 6.78. The zero-order valence-electron chi connectivity index (χ0n) is 18.0. The third-order valence-electron chi connectivity index (χ3n) is 5.65. The van der Waals surface area contributed by atoms with Gasteiger partial charge < -0.3 is 5.32 Å². The molecule has 1 amide bonds. The fourth-order valence-corrected chi connectivity index (χ4v) is 5.93. The number of carbonyl (C=O) groups excluding carboxylic acids is 2. The molecule has 1 heterocycles. The molecule has 1 N–H and O–H groups in total. The third kappa shape index (κ3) is 4.93. The molecule has 170 valence electrons. The summed E-state index contributed by atoms with van der Waals surface area (Å²) in [6, 6.07) is 19.6. The molecule has 1 aliphatic heterocycles. The monoisotopic (exact) mass is 526 g/mol. The van der Waals surface area contributed by atoms with E-state index in [4.69, 9.17) is 0 Å². The Hall–Kier alpha value is -2.81. The molecular weight excluding hydrogens is 504 g/mol. The number of nitrogens with one attached hydrogen (secondary N) is 1. The number of sulfonamides is 1. The van der Waals surface area contributed by atoms with Crippen LogP contribution in [0.5, 0.6) is 0 Å². The number of benzene rings is 3. The topological polar surface area (TPSA) is 83.6 Å². The predicted molar refractivity (Wildman–Crippen MR) is 131 cm³/mol. The fourth-order valence-electron chi connectivity index (χ4n) is 3.91. The zero-order valence-corrected chi connectivity index (χ0v) is 20.4. The van der Waals surface area contributed by atoms with Gasteiger partial charge in [-0.05, 0) is 50.1 Å². The molecule has 33 heavy (non-hydrogen) atoms. The molecule has 8 heteroatoms. The van der Waals surface area contributed by atoms with Crippen molar-refractivity contribution in [3.8, 4) is 0 Å². The maximum atomic E-state index is 13.2. The van der Waals surface area contributed by atoms with E-state index in [1.807, 2.05) is 13.0 Å². The summed E-state index contributed by atoms with van der Waals surface area (Å²) in [5.74, 6) is -0.685. The van der Waals surface area contributed by atoms with E-state index in [0.717, 1.165) is 5.56 Å². The maximum absolute atomic E-state index is 13.2. The van der Waals surface area contributed by atoms with Gasteiger partial charge in [0.2, 0.25) is 15.9 Å². The van der Waals surface area contributed by atoms with Crippen LogP contribution in [-0.4, -0.2) is 37.0 Å². The van der Waals surface area contributed by atoms with Crippen molar-refractivity contribution in [1.29, 1.82) is 0 Å². The van der Waals surface area contributed by atoms with Gasteiger partial charge >= 0.3 is 0 Å². The van der Waals surface area contributed by atoms with E-state index in [0.29, 0.717) is 34.1 Å². The highest BCUT2D eigenvalue weighted by Crippen LogP contribution is 2.29. The van der Waals surface area contributed by atoms with Crippen molar-refractivity contribution in [3.63, 3.8) is 0 Å². The lowest BCUT2D eigenvalue weighted by Crippen LogP contribution is -2.43. The largest absolute Gasteiger partial charge is 0.324 e. The molecule has 1 unspecified atom stereocenters. The molecule has 4 rings (SSSR count). The Balaban J connectivity index is 1.61. The lowest BCUT2D eigenvalue weighted by Gasteiger charge is -2.24. The molecule has 1 saturated heterocycles. The number of ketones is 1. The van der Waals surface area contributed by atoms with Crippen LogP contribution in [0.1, 0.15) is 34.3 Å². The summed E-state index contributed by atoms with van der Waals surface area (Å²) >= 11 is 3.38. The van der Waals surface area contributed by atoms with Gasteiger partial charge in [0.1, 0.15) is 6.04 Å². The van der Waals surface area contributed by atoms with E-state index >= 15 is 0 Å². The molecule has 1 fully saturated rings. The first kappa shape index (κ1) is 23.4. The maximum Gasteiger partial charge on any atom is 0.243 e. The number of hydrogen-bond acceptors (Lipinski definition) is 4. The lowest BCUT2D eigenvalue weighted by molar-refractivity contribution is -0.119. The second-order valence-electron chi connectivity index (χ2n) is 7.96. The summed E-state index contributed by atoms with van der Waals surface area (Å²) in [5, 5.41) is 2.81. The van der Waals surface area contributed by atoms with E-state index in [2.05, 4.69) is 21.2 Å². The van der Waals surface area contributed by atoms with Crippen molar-refractivity contribution in [2.75, 3.05) is 11.9 Å². The number of halogens is 1. The van der Waals surface area contributed by atoms with E-state index in [1.54, 1.807) is 66.7 Å². The smallest absolute Gasteiger partial charge is 0.243 e. The first-order valence-corrected chi connectivity index (χ1v) is 12.8. The Bertz CT molecular complexity index is 1290. The normalized spacial score (nSPS) is 16.5. The number of rotatable bonds is 6. The fraction of sp³-hybridized carbons (Fsp3) is 0.200. The highest BCUT2D eigenvalue weighted by atomic mass is 79.9. The average molecular weight is 527 g/mol. The predicted octanol–water partition coefficient (Wildman–Crippen LogP) is 4.78. The summed E-state index contributed by atoms with van der Waals surface area (Å²) in [7, 11) is -3.82. The van der Waals surface area contributed by atoms with Crippen LogP contribution in [0.2, 0.25) is 0 Å². The molecule has 1 aliphatic rings. The summed E-state index contributed by atoms with van der Waals surface area (Å²) in [6.07, 6.45) is 0.995. The number of aryl methyl sites for hydroxylation is 1. The zero-order chi connectivity index (χ0) is 23.6. The van der Waals surface area contributed by atoms with Crippen molar-refractivity contribution in [3.05, 3.63) is 94.0 Å². The van der Waals surface area contributed by atoms with Crippen LogP contribution in [-0.2, 0) is 14.8 Å². The SMILES string of the molecule is Cc1ccc(S(=O)(=O)N2CCCC2C(=O)Nc2ccc(Br)cc2C(=O)c2ccccc2)cc1. The Morgan fingerprint density at radius 1 is 1.00 bits per heavy atom. The summed E-state index contributed by atoms with van der Waals surface area (Å²) in [5.41, 5.74) is 2.12. The molecule has 3 aromatic carbocycles. The van der Waals surface area contributed by atoms with E-state index < -0.39 is 22.0 Å². The minimum Gasteiger partial charge on any atom is -0.324 e. The number of hydrogen-bond donors (Lipinski definition) is 1. The molecule has 0 aromatic heterocycles. The molecule has 0 radical (unpaired) electrons. The van der Waals surface area contributed by atoms with Gasteiger partial charge in [-0.1, -0.05) is 64.0 Å². The van der Waals surface area contributed by atoms with E-state index in [1.165, 1.54) is 4.31 Å². The molecule has 0 spiro atoms. The molecule has 0 saturated carbocycles. The molecular formula is C25H23BrN2O4S. The highest BCUT2D eigenvalue weighted by Gasteiger charge is 2.39. The summed E-state index contributed by atoms with van der Waals surface area (Å²) < 4.78 is 28.4. The van der Waals surface area contributed by atoms with Crippen LogP contribution in [0, 0.1) is 6.92 Å². The summed E-state index contributed by atoms with van der Waals surface area (Å²) in [4.78, 5) is 26.5. The number of amides is 1. The lowest BCUT2D eigenvalue weighted by atomic mass is 10.0. The van der Waals surface area contributed by atoms with Crippen LogP contribution < -0.4 is 5.32 Å². The minimum absolute atomic E-state index is 0.163. The standard InChI is InChI=1S/C25H23BrN2O4S/c1-17-9-12-20(13-10-17)33(31,32)28-15-5-8-23(28)25(30)27-22-14-11-19(26)16-21(22)24(29)18-6-3-2-4-7-18/h2-4,6-7,9-14,16,23H,5,8,15H2,1H3,(H,27,30). The van der Waals surface area contributed by atoms with Crippen LogP contribution in [0.15, 0.2) is 82.2 Å². The third-order valence-corrected chi connectivity index (χ3v) is 8.07. The number of nitrogens with zero attached hydrogens (tertiary/aromatic N) is 1. The second-order valence-corrected chi connectivity index (χ2v) is 10.8. The Labute approximate surface area is 201 Å². The van der Waals surface area contributed by atoms with Gasteiger partial charge in [0.05, 0.1) is 10.6 Å². The van der Waals surface area contributed by atoms with Gasteiger partial charge in [-0.15, -0.1) is 0 Å². The van der Waals surface area contributed by atoms with Crippen molar-refractivity contribution in [2.24, 2.45) is 0 Å². The quantitative estimate of drug-likeness (QED) is 0.468.